The Kier molecular flexibility index (Phi) is 6.19. The summed E-state index contributed by atoms with van der Waals surface area (Å²) in [6.07, 6.45) is 1.68. The number of carbonyl (C=O) groups is 1. The van der Waals surface area contributed by atoms with E-state index in [1.807, 2.05) is 13.0 Å². The summed E-state index contributed by atoms with van der Waals surface area (Å²) >= 11 is 13.0. The largest absolute Gasteiger partial charge is 0.373 e. The Morgan fingerprint density at radius 3 is 2.72 bits per heavy atom. The number of rotatable bonds is 6. The number of hydrogen-bond donors (Lipinski definition) is 2. The van der Waals surface area contributed by atoms with Gasteiger partial charge in [0.05, 0.1) is 28.5 Å². The van der Waals surface area contributed by atoms with E-state index in [1.54, 1.807) is 32.4 Å². The maximum Gasteiger partial charge on any atom is 0.229 e. The molecule has 0 radical (unpaired) electrons. The molecule has 0 atom stereocenters. The summed E-state index contributed by atoms with van der Waals surface area (Å²) in [4.78, 5) is 21.7. The fourth-order valence-electron chi connectivity index (χ4n) is 2.55. The van der Waals surface area contributed by atoms with Gasteiger partial charge in [-0.25, -0.2) is 9.67 Å². The monoisotopic (exact) mass is 434 g/mol. The van der Waals surface area contributed by atoms with Gasteiger partial charge < -0.3 is 15.5 Å². The number of benzene rings is 1. The Labute approximate surface area is 178 Å². The molecule has 0 aliphatic carbocycles. The number of aryl methyl sites for hydroxylation is 1. The molecule has 0 aliphatic rings. The fourth-order valence-corrected chi connectivity index (χ4v) is 3.15. The van der Waals surface area contributed by atoms with Crippen molar-refractivity contribution >= 4 is 46.6 Å². The molecule has 9 nitrogen and oxygen atoms in total. The van der Waals surface area contributed by atoms with E-state index in [9.17, 15) is 4.79 Å². The summed E-state index contributed by atoms with van der Waals surface area (Å²) in [6.45, 7) is 3.68. The molecular formula is C18H20Cl2N8O. The second kappa shape index (κ2) is 8.62. The van der Waals surface area contributed by atoms with Crippen molar-refractivity contribution in [2.75, 3.05) is 24.7 Å². The van der Waals surface area contributed by atoms with Crippen LogP contribution < -0.4 is 10.6 Å². The van der Waals surface area contributed by atoms with Gasteiger partial charge in [-0.2, -0.15) is 4.98 Å². The fraction of sp³-hybridized carbons (Fsp3) is 0.278. The molecule has 0 saturated heterocycles. The van der Waals surface area contributed by atoms with E-state index in [-0.39, 0.29) is 5.91 Å². The zero-order chi connectivity index (χ0) is 21.1. The molecular weight excluding hydrogens is 415 g/mol. The molecule has 0 fully saturated rings. The van der Waals surface area contributed by atoms with Crippen LogP contribution in [0, 0.1) is 6.92 Å². The van der Waals surface area contributed by atoms with E-state index in [1.165, 1.54) is 16.5 Å². The standard InChI is InChI=1S/C18H20Cl2N8O/c1-10-7-15(21-3)24-18(22-10)23-14-6-5-13(19)17(16(14)20)28-9-12(25-26-28)8-27(4)11(2)29/h5-7,9H,8H2,1-4H3,(H2,21,22,23,24). The van der Waals surface area contributed by atoms with Crippen LogP contribution in [0.3, 0.4) is 0 Å². The Morgan fingerprint density at radius 2 is 2.03 bits per heavy atom. The second-order valence-corrected chi connectivity index (χ2v) is 7.17. The molecule has 0 unspecified atom stereocenters. The van der Waals surface area contributed by atoms with Crippen LogP contribution in [0.2, 0.25) is 10.0 Å². The highest BCUT2D eigenvalue weighted by atomic mass is 35.5. The molecule has 0 saturated carbocycles. The van der Waals surface area contributed by atoms with Crippen molar-refractivity contribution in [3.8, 4) is 5.69 Å². The van der Waals surface area contributed by atoms with Crippen LogP contribution in [0.5, 0.6) is 0 Å². The maximum atomic E-state index is 11.4. The summed E-state index contributed by atoms with van der Waals surface area (Å²) in [5.74, 6) is 1.01. The zero-order valence-electron chi connectivity index (χ0n) is 16.4. The van der Waals surface area contributed by atoms with Crippen LogP contribution in [0.15, 0.2) is 24.4 Å². The van der Waals surface area contributed by atoms with Crippen molar-refractivity contribution in [2.24, 2.45) is 0 Å². The first kappa shape index (κ1) is 20.8. The Bertz CT molecular complexity index is 1050. The Morgan fingerprint density at radius 1 is 1.28 bits per heavy atom. The third-order valence-electron chi connectivity index (χ3n) is 4.13. The lowest BCUT2D eigenvalue weighted by Gasteiger charge is -2.13. The van der Waals surface area contributed by atoms with Gasteiger partial charge in [0.25, 0.3) is 0 Å². The highest BCUT2D eigenvalue weighted by molar-refractivity contribution is 6.39. The summed E-state index contributed by atoms with van der Waals surface area (Å²) in [5.41, 5.74) is 2.43. The molecule has 152 valence electrons. The number of carbonyl (C=O) groups excluding carboxylic acids is 1. The van der Waals surface area contributed by atoms with Crippen LogP contribution in [-0.4, -0.2) is 49.9 Å². The highest BCUT2D eigenvalue weighted by Crippen LogP contribution is 2.35. The van der Waals surface area contributed by atoms with E-state index >= 15 is 0 Å². The quantitative estimate of drug-likeness (QED) is 0.612. The lowest BCUT2D eigenvalue weighted by atomic mass is 10.2. The minimum atomic E-state index is -0.0686. The van der Waals surface area contributed by atoms with Crippen molar-refractivity contribution in [2.45, 2.75) is 20.4 Å². The van der Waals surface area contributed by atoms with E-state index < -0.39 is 0 Å². The topological polar surface area (TPSA) is 101 Å². The maximum absolute atomic E-state index is 11.4. The summed E-state index contributed by atoms with van der Waals surface area (Å²) in [6, 6.07) is 5.26. The lowest BCUT2D eigenvalue weighted by molar-refractivity contribution is -0.128. The molecule has 2 N–H and O–H groups in total. The van der Waals surface area contributed by atoms with Gasteiger partial charge in [0.2, 0.25) is 11.9 Å². The first-order valence-corrected chi connectivity index (χ1v) is 9.46. The van der Waals surface area contributed by atoms with Crippen LogP contribution in [0.25, 0.3) is 5.69 Å². The molecule has 2 aromatic heterocycles. The van der Waals surface area contributed by atoms with Crippen LogP contribution in [0.1, 0.15) is 18.3 Å². The van der Waals surface area contributed by atoms with Crippen LogP contribution in [-0.2, 0) is 11.3 Å². The molecule has 0 bridgehead atoms. The molecule has 1 aromatic carbocycles. The average molecular weight is 435 g/mol. The normalized spacial score (nSPS) is 10.7. The number of hydrogen-bond acceptors (Lipinski definition) is 7. The number of halogens is 2. The van der Waals surface area contributed by atoms with Gasteiger partial charge in [-0.15, -0.1) is 5.10 Å². The molecule has 2 heterocycles. The molecule has 1 amide bonds. The van der Waals surface area contributed by atoms with E-state index in [2.05, 4.69) is 30.9 Å². The molecule has 0 aliphatic heterocycles. The predicted molar refractivity (Wildman–Crippen MR) is 113 cm³/mol. The zero-order valence-corrected chi connectivity index (χ0v) is 17.9. The number of nitrogens with one attached hydrogen (secondary N) is 2. The van der Waals surface area contributed by atoms with Crippen molar-refractivity contribution in [3.05, 3.63) is 45.8 Å². The highest BCUT2D eigenvalue weighted by Gasteiger charge is 2.16. The first-order valence-electron chi connectivity index (χ1n) is 8.70. The van der Waals surface area contributed by atoms with Gasteiger partial charge in [-0.05, 0) is 19.1 Å². The minimum Gasteiger partial charge on any atom is -0.373 e. The summed E-state index contributed by atoms with van der Waals surface area (Å²) < 4.78 is 1.48. The minimum absolute atomic E-state index is 0.0686. The van der Waals surface area contributed by atoms with Crippen molar-refractivity contribution < 1.29 is 4.79 Å². The summed E-state index contributed by atoms with van der Waals surface area (Å²) in [5, 5.41) is 15.0. The van der Waals surface area contributed by atoms with Crippen LogP contribution in [0.4, 0.5) is 17.5 Å². The van der Waals surface area contributed by atoms with Gasteiger partial charge in [-0.3, -0.25) is 4.79 Å². The Balaban J connectivity index is 1.93. The number of amides is 1. The number of nitrogens with zero attached hydrogens (tertiary/aromatic N) is 6. The van der Waals surface area contributed by atoms with E-state index in [4.69, 9.17) is 23.2 Å². The van der Waals surface area contributed by atoms with Gasteiger partial charge in [0, 0.05) is 32.8 Å². The third kappa shape index (κ3) is 4.75. The molecule has 11 heteroatoms. The van der Waals surface area contributed by atoms with E-state index in [0.717, 1.165) is 5.69 Å². The first-order chi connectivity index (χ1) is 13.8. The molecule has 3 rings (SSSR count). The molecule has 29 heavy (non-hydrogen) atoms. The second-order valence-electron chi connectivity index (χ2n) is 6.38. The number of anilines is 3. The van der Waals surface area contributed by atoms with Gasteiger partial charge >= 0.3 is 0 Å². The smallest absolute Gasteiger partial charge is 0.229 e. The summed E-state index contributed by atoms with van der Waals surface area (Å²) in [7, 11) is 3.47. The van der Waals surface area contributed by atoms with Gasteiger partial charge in [-0.1, -0.05) is 28.4 Å². The molecule has 3 aromatic rings. The Hall–Kier alpha value is -2.91. The lowest BCUT2D eigenvalue weighted by Crippen LogP contribution is -2.23. The van der Waals surface area contributed by atoms with Crippen LogP contribution >= 0.6 is 23.2 Å². The average Bonchev–Trinajstić information content (AvgIpc) is 3.11. The van der Waals surface area contributed by atoms with Gasteiger partial charge in [0.15, 0.2) is 0 Å². The predicted octanol–water partition coefficient (Wildman–Crippen LogP) is 3.44. The van der Waals surface area contributed by atoms with Crippen molar-refractivity contribution in [3.63, 3.8) is 0 Å². The number of aromatic nitrogens is 5. The van der Waals surface area contributed by atoms with Gasteiger partial charge in [0.1, 0.15) is 17.2 Å². The van der Waals surface area contributed by atoms with E-state index in [0.29, 0.717) is 45.4 Å². The SMILES string of the molecule is CNc1cc(C)nc(Nc2ccc(Cl)c(-n3cc(CN(C)C(C)=O)nn3)c2Cl)n1. The molecule has 0 spiro atoms. The third-order valence-corrected chi connectivity index (χ3v) is 4.82. The van der Waals surface area contributed by atoms with Crippen molar-refractivity contribution in [1.29, 1.82) is 0 Å². The van der Waals surface area contributed by atoms with Crippen molar-refractivity contribution in [1.82, 2.24) is 29.9 Å².